The number of nitrogens with zero attached hydrogens (tertiary/aromatic N) is 1. The van der Waals surface area contributed by atoms with E-state index in [4.69, 9.17) is 5.73 Å². The Labute approximate surface area is 132 Å². The number of anilines is 1. The summed E-state index contributed by atoms with van der Waals surface area (Å²) in [6, 6.07) is 18.0. The van der Waals surface area contributed by atoms with Gasteiger partial charge in [0.25, 0.3) is 0 Å². The molecule has 3 N–H and O–H groups in total. The smallest absolute Gasteiger partial charge is 0.0773 e. The number of aliphatic hydroxyl groups excluding tert-OH is 1. The van der Waals surface area contributed by atoms with Crippen molar-refractivity contribution in [2.75, 3.05) is 18.0 Å². The van der Waals surface area contributed by atoms with Gasteiger partial charge in [0.2, 0.25) is 0 Å². The third kappa shape index (κ3) is 3.49. The molecule has 2 atom stereocenters. The molecule has 1 saturated heterocycles. The number of rotatable bonds is 5. The van der Waals surface area contributed by atoms with Gasteiger partial charge < -0.3 is 15.7 Å². The molecule has 1 aliphatic heterocycles. The maximum absolute atomic E-state index is 10.4. The number of nitrogens with two attached hydrogens (primary N) is 1. The van der Waals surface area contributed by atoms with Gasteiger partial charge in [-0.05, 0) is 36.1 Å². The largest absolute Gasteiger partial charge is 0.391 e. The molecule has 116 valence electrons. The summed E-state index contributed by atoms with van der Waals surface area (Å²) in [7, 11) is 0. The Morgan fingerprint density at radius 3 is 2.23 bits per heavy atom. The molecule has 0 aromatic heterocycles. The predicted octanol–water partition coefficient (Wildman–Crippen LogP) is 2.89. The lowest BCUT2D eigenvalue weighted by atomic mass is 9.96. The molecule has 3 nitrogen and oxygen atoms in total. The summed E-state index contributed by atoms with van der Waals surface area (Å²) in [6.45, 7) is 2.28. The highest BCUT2D eigenvalue weighted by Crippen LogP contribution is 2.24. The lowest BCUT2D eigenvalue weighted by Crippen LogP contribution is -2.28. The minimum absolute atomic E-state index is 0.354. The minimum atomic E-state index is -0.569. The maximum Gasteiger partial charge on any atom is 0.0773 e. The van der Waals surface area contributed by atoms with E-state index in [-0.39, 0.29) is 6.04 Å². The van der Waals surface area contributed by atoms with Gasteiger partial charge in [0.05, 0.1) is 12.1 Å². The molecule has 0 aliphatic carbocycles. The fourth-order valence-electron chi connectivity index (χ4n) is 3.09. The van der Waals surface area contributed by atoms with Crippen LogP contribution in [0.5, 0.6) is 0 Å². The Kier molecular flexibility index (Phi) is 4.76. The molecular formula is C19H24N2O. The van der Waals surface area contributed by atoms with Crippen LogP contribution in [0.15, 0.2) is 54.6 Å². The maximum atomic E-state index is 10.4. The van der Waals surface area contributed by atoms with E-state index in [0.717, 1.165) is 24.2 Å². The van der Waals surface area contributed by atoms with Gasteiger partial charge in [-0.3, -0.25) is 0 Å². The summed E-state index contributed by atoms with van der Waals surface area (Å²) in [5.74, 6) is 0. The van der Waals surface area contributed by atoms with Gasteiger partial charge in [-0.2, -0.15) is 0 Å². The monoisotopic (exact) mass is 296 g/mol. The van der Waals surface area contributed by atoms with Crippen molar-refractivity contribution < 1.29 is 5.11 Å². The van der Waals surface area contributed by atoms with E-state index < -0.39 is 6.10 Å². The first-order chi connectivity index (χ1) is 10.7. The second-order valence-electron chi connectivity index (χ2n) is 6.07. The lowest BCUT2D eigenvalue weighted by molar-refractivity contribution is 0.145. The predicted molar refractivity (Wildman–Crippen MR) is 91.0 cm³/mol. The van der Waals surface area contributed by atoms with E-state index in [9.17, 15) is 5.11 Å². The highest BCUT2D eigenvalue weighted by atomic mass is 16.3. The van der Waals surface area contributed by atoms with Crippen molar-refractivity contribution in [1.29, 1.82) is 0 Å². The molecule has 0 saturated carbocycles. The van der Waals surface area contributed by atoms with E-state index in [1.807, 2.05) is 42.5 Å². The Morgan fingerprint density at radius 2 is 1.59 bits per heavy atom. The summed E-state index contributed by atoms with van der Waals surface area (Å²) in [5.41, 5.74) is 9.58. The topological polar surface area (TPSA) is 49.5 Å². The van der Waals surface area contributed by atoms with Crippen molar-refractivity contribution in [3.8, 4) is 0 Å². The highest BCUT2D eigenvalue weighted by Gasteiger charge is 2.18. The van der Waals surface area contributed by atoms with Gasteiger partial charge >= 0.3 is 0 Å². The molecule has 2 aromatic carbocycles. The van der Waals surface area contributed by atoms with Gasteiger partial charge in [-0.1, -0.05) is 42.5 Å². The van der Waals surface area contributed by atoms with Gasteiger partial charge in [-0.15, -0.1) is 0 Å². The molecule has 22 heavy (non-hydrogen) atoms. The standard InChI is InChI=1S/C19H24N2O/c20-19(18(22)14-15-6-2-1-3-7-15)16-8-10-17(11-9-16)21-12-4-5-13-21/h1-3,6-11,18-19,22H,4-5,12-14,20H2/t18-,19+/m1/s1. The second kappa shape index (κ2) is 6.95. The molecule has 0 bridgehead atoms. The first kappa shape index (κ1) is 15.1. The van der Waals surface area contributed by atoms with Crippen LogP contribution in [0.2, 0.25) is 0 Å². The van der Waals surface area contributed by atoms with Crippen molar-refractivity contribution in [2.45, 2.75) is 31.4 Å². The minimum Gasteiger partial charge on any atom is -0.391 e. The van der Waals surface area contributed by atoms with Crippen molar-refractivity contribution in [3.63, 3.8) is 0 Å². The number of hydrogen-bond acceptors (Lipinski definition) is 3. The van der Waals surface area contributed by atoms with E-state index >= 15 is 0 Å². The summed E-state index contributed by atoms with van der Waals surface area (Å²) < 4.78 is 0. The fourth-order valence-corrected chi connectivity index (χ4v) is 3.09. The molecule has 0 radical (unpaired) electrons. The van der Waals surface area contributed by atoms with Crippen LogP contribution in [-0.4, -0.2) is 24.3 Å². The fraction of sp³-hybridized carbons (Fsp3) is 0.368. The molecule has 1 heterocycles. The molecule has 1 aliphatic rings. The Morgan fingerprint density at radius 1 is 0.955 bits per heavy atom. The highest BCUT2D eigenvalue weighted by molar-refractivity contribution is 5.48. The zero-order valence-electron chi connectivity index (χ0n) is 12.9. The summed E-state index contributed by atoms with van der Waals surface area (Å²) in [4.78, 5) is 2.40. The van der Waals surface area contributed by atoms with Crippen LogP contribution < -0.4 is 10.6 Å². The average Bonchev–Trinajstić information content (AvgIpc) is 3.10. The third-order valence-electron chi connectivity index (χ3n) is 4.45. The van der Waals surface area contributed by atoms with Gasteiger partial charge in [0.15, 0.2) is 0 Å². The SMILES string of the molecule is N[C@@H](c1ccc(N2CCCC2)cc1)[C@H](O)Cc1ccccc1. The average molecular weight is 296 g/mol. The zero-order valence-corrected chi connectivity index (χ0v) is 12.9. The summed E-state index contributed by atoms with van der Waals surface area (Å²) in [6.07, 6.45) is 2.56. The third-order valence-corrected chi connectivity index (χ3v) is 4.45. The molecule has 0 unspecified atom stereocenters. The van der Waals surface area contributed by atoms with Crippen molar-refractivity contribution >= 4 is 5.69 Å². The number of benzene rings is 2. The molecular weight excluding hydrogens is 272 g/mol. The molecule has 3 rings (SSSR count). The molecule has 0 amide bonds. The quantitative estimate of drug-likeness (QED) is 0.892. The molecule has 3 heteroatoms. The normalized spacial score (nSPS) is 17.5. The van der Waals surface area contributed by atoms with Gasteiger partial charge in [0, 0.05) is 25.2 Å². The van der Waals surface area contributed by atoms with E-state index in [1.54, 1.807) is 0 Å². The van der Waals surface area contributed by atoms with Crippen molar-refractivity contribution in [3.05, 3.63) is 65.7 Å². The Bertz CT molecular complexity index is 576. The van der Waals surface area contributed by atoms with Crippen molar-refractivity contribution in [1.82, 2.24) is 0 Å². The second-order valence-corrected chi connectivity index (χ2v) is 6.07. The first-order valence-corrected chi connectivity index (χ1v) is 8.06. The molecule has 2 aromatic rings. The Hall–Kier alpha value is -1.84. The Balaban J connectivity index is 1.64. The lowest BCUT2D eigenvalue weighted by Gasteiger charge is -2.22. The van der Waals surface area contributed by atoms with Crippen molar-refractivity contribution in [2.24, 2.45) is 5.73 Å². The van der Waals surface area contributed by atoms with Crippen LogP contribution in [0.3, 0.4) is 0 Å². The molecule has 0 spiro atoms. The van der Waals surface area contributed by atoms with Crippen LogP contribution in [-0.2, 0) is 6.42 Å². The van der Waals surface area contributed by atoms with E-state index in [2.05, 4.69) is 17.0 Å². The van der Waals surface area contributed by atoms with Gasteiger partial charge in [-0.25, -0.2) is 0 Å². The van der Waals surface area contributed by atoms with Crippen LogP contribution in [0.1, 0.15) is 30.0 Å². The number of hydrogen-bond donors (Lipinski definition) is 2. The van der Waals surface area contributed by atoms with Crippen LogP contribution >= 0.6 is 0 Å². The van der Waals surface area contributed by atoms with E-state index in [1.165, 1.54) is 18.5 Å². The summed E-state index contributed by atoms with van der Waals surface area (Å²) in [5, 5.41) is 10.4. The van der Waals surface area contributed by atoms with Crippen LogP contribution in [0.25, 0.3) is 0 Å². The van der Waals surface area contributed by atoms with Crippen LogP contribution in [0, 0.1) is 0 Å². The van der Waals surface area contributed by atoms with Gasteiger partial charge in [0.1, 0.15) is 0 Å². The van der Waals surface area contributed by atoms with E-state index in [0.29, 0.717) is 6.42 Å². The molecule has 1 fully saturated rings. The zero-order chi connectivity index (χ0) is 15.4. The number of aliphatic hydroxyl groups is 1. The van der Waals surface area contributed by atoms with Crippen LogP contribution in [0.4, 0.5) is 5.69 Å². The summed E-state index contributed by atoms with van der Waals surface area (Å²) >= 11 is 0. The first-order valence-electron chi connectivity index (χ1n) is 8.06.